The van der Waals surface area contributed by atoms with Crippen molar-refractivity contribution in [2.75, 3.05) is 13.2 Å². The second-order valence-corrected chi connectivity index (χ2v) is 20.2. The lowest BCUT2D eigenvalue weighted by atomic mass is 10.0. The van der Waals surface area contributed by atoms with Gasteiger partial charge in [-0.15, -0.1) is 0 Å². The Hall–Kier alpha value is -3.41. The number of rotatable bonds is 55. The maximum absolute atomic E-state index is 12.8. The van der Waals surface area contributed by atoms with Crippen molar-refractivity contribution in [2.24, 2.45) is 0 Å². The Labute approximate surface area is 445 Å². The summed E-state index contributed by atoms with van der Waals surface area (Å²) >= 11 is 0. The van der Waals surface area contributed by atoms with Crippen LogP contribution in [0.4, 0.5) is 0 Å². The number of hydrogen-bond donors (Lipinski definition) is 0. The van der Waals surface area contributed by atoms with Gasteiger partial charge in [-0.25, -0.2) is 0 Å². The molecule has 0 N–H and O–H groups in total. The zero-order chi connectivity index (χ0) is 52.2. The van der Waals surface area contributed by atoms with Gasteiger partial charge in [0.1, 0.15) is 13.2 Å². The molecule has 0 fully saturated rings. The van der Waals surface area contributed by atoms with Crippen LogP contribution in [0.3, 0.4) is 0 Å². The molecule has 0 aliphatic rings. The van der Waals surface area contributed by atoms with Crippen LogP contribution in [0.15, 0.2) is 85.1 Å². The van der Waals surface area contributed by atoms with E-state index in [1.165, 1.54) is 154 Å². The number of carbonyl (C=O) groups excluding carboxylic acids is 3. The second kappa shape index (κ2) is 60.1. The van der Waals surface area contributed by atoms with Gasteiger partial charge in [0.2, 0.25) is 0 Å². The lowest BCUT2D eigenvalue weighted by molar-refractivity contribution is -0.167. The Morgan fingerprint density at radius 2 is 0.542 bits per heavy atom. The monoisotopic (exact) mass is 1000 g/mol. The number of hydrogen-bond acceptors (Lipinski definition) is 6. The Kier molecular flexibility index (Phi) is 57.3. The molecule has 0 amide bonds. The molecule has 0 aromatic heterocycles. The van der Waals surface area contributed by atoms with Crippen LogP contribution < -0.4 is 0 Å². The van der Waals surface area contributed by atoms with Gasteiger partial charge in [0, 0.05) is 19.3 Å². The first-order chi connectivity index (χ1) is 35.5. The highest BCUT2D eigenvalue weighted by molar-refractivity contribution is 5.71. The van der Waals surface area contributed by atoms with Crippen LogP contribution in [0.5, 0.6) is 0 Å². The summed E-state index contributed by atoms with van der Waals surface area (Å²) in [5, 5.41) is 0. The molecule has 0 aromatic rings. The van der Waals surface area contributed by atoms with E-state index in [0.29, 0.717) is 19.3 Å². The molecule has 0 aliphatic carbocycles. The van der Waals surface area contributed by atoms with Crippen LogP contribution in [0, 0.1) is 0 Å². The summed E-state index contributed by atoms with van der Waals surface area (Å²) in [6.07, 6.45) is 79.1. The summed E-state index contributed by atoms with van der Waals surface area (Å²) in [6, 6.07) is 0. The molecule has 0 aliphatic heterocycles. The van der Waals surface area contributed by atoms with Crippen molar-refractivity contribution >= 4 is 17.9 Å². The number of ether oxygens (including phenoxy) is 3. The van der Waals surface area contributed by atoms with Crippen molar-refractivity contribution in [3.63, 3.8) is 0 Å². The van der Waals surface area contributed by atoms with Gasteiger partial charge in [-0.1, -0.05) is 266 Å². The standard InChI is InChI=1S/C66H114O6/c1-4-7-10-13-16-18-20-22-24-26-28-29-30-31-32-33-34-35-36-37-39-40-42-44-46-48-50-53-56-59-65(68)71-62-63(61-70-64(67)58-55-52-15-12-9-6-3)72-66(69)60-57-54-51-49-47-45-43-41-38-27-25-23-21-19-17-14-11-8-5-2/h8,11,17,19-20,22-23,25-26,28,38,41,45,47,63H,4-7,9-10,12-16,18,21,24,27,29-37,39-40,42-44,46,48-62H2,1-3H3/b11-8-,19-17-,22-20-,25-23-,28-26-,41-38-,47-45-. The van der Waals surface area contributed by atoms with E-state index in [4.69, 9.17) is 14.2 Å². The first-order valence-electron chi connectivity index (χ1n) is 30.6. The fourth-order valence-corrected chi connectivity index (χ4v) is 8.56. The highest BCUT2D eigenvalue weighted by Gasteiger charge is 2.19. The molecule has 0 aromatic carbocycles. The lowest BCUT2D eigenvalue weighted by Crippen LogP contribution is -2.30. The molecule has 1 unspecified atom stereocenters. The third-order valence-corrected chi connectivity index (χ3v) is 13.1. The molecule has 0 radical (unpaired) electrons. The molecule has 0 saturated heterocycles. The number of carbonyl (C=O) groups is 3. The summed E-state index contributed by atoms with van der Waals surface area (Å²) in [5.74, 6) is -0.923. The van der Waals surface area contributed by atoms with Crippen LogP contribution in [-0.2, 0) is 28.6 Å². The summed E-state index contributed by atoms with van der Waals surface area (Å²) in [7, 11) is 0. The van der Waals surface area contributed by atoms with Crippen molar-refractivity contribution in [3.05, 3.63) is 85.1 Å². The summed E-state index contributed by atoms with van der Waals surface area (Å²) in [6.45, 7) is 6.45. The summed E-state index contributed by atoms with van der Waals surface area (Å²) in [4.78, 5) is 37.9. The Bertz CT molecular complexity index is 1380. The molecule has 414 valence electrons. The van der Waals surface area contributed by atoms with Gasteiger partial charge >= 0.3 is 17.9 Å². The molecule has 0 saturated carbocycles. The fraction of sp³-hybridized carbons (Fsp3) is 0.742. The molecule has 0 bridgehead atoms. The third-order valence-electron chi connectivity index (χ3n) is 13.1. The first-order valence-corrected chi connectivity index (χ1v) is 30.6. The molecule has 0 spiro atoms. The zero-order valence-corrected chi connectivity index (χ0v) is 47.4. The maximum Gasteiger partial charge on any atom is 0.306 e. The van der Waals surface area contributed by atoms with Gasteiger partial charge in [0.15, 0.2) is 6.10 Å². The predicted molar refractivity (Wildman–Crippen MR) is 311 cm³/mol. The minimum atomic E-state index is -0.790. The molecule has 6 nitrogen and oxygen atoms in total. The summed E-state index contributed by atoms with van der Waals surface area (Å²) < 4.78 is 16.7. The van der Waals surface area contributed by atoms with E-state index in [0.717, 1.165) is 103 Å². The van der Waals surface area contributed by atoms with Gasteiger partial charge in [-0.2, -0.15) is 0 Å². The van der Waals surface area contributed by atoms with E-state index < -0.39 is 6.10 Å². The second-order valence-electron chi connectivity index (χ2n) is 20.2. The van der Waals surface area contributed by atoms with E-state index in [-0.39, 0.29) is 31.1 Å². The minimum Gasteiger partial charge on any atom is -0.462 e. The fourth-order valence-electron chi connectivity index (χ4n) is 8.56. The smallest absolute Gasteiger partial charge is 0.306 e. The van der Waals surface area contributed by atoms with Crippen molar-refractivity contribution < 1.29 is 28.6 Å². The van der Waals surface area contributed by atoms with Gasteiger partial charge in [0.05, 0.1) is 0 Å². The zero-order valence-electron chi connectivity index (χ0n) is 47.4. The van der Waals surface area contributed by atoms with Gasteiger partial charge in [-0.3, -0.25) is 14.4 Å². The highest BCUT2D eigenvalue weighted by Crippen LogP contribution is 2.16. The van der Waals surface area contributed by atoms with E-state index in [1.54, 1.807) is 0 Å². The molecule has 6 heteroatoms. The first kappa shape index (κ1) is 68.6. The van der Waals surface area contributed by atoms with Crippen LogP contribution in [-0.4, -0.2) is 37.2 Å². The molecule has 0 heterocycles. The number of unbranched alkanes of at least 4 members (excludes halogenated alkanes) is 30. The van der Waals surface area contributed by atoms with Crippen molar-refractivity contribution in [3.8, 4) is 0 Å². The molecule has 1 atom stereocenters. The lowest BCUT2D eigenvalue weighted by Gasteiger charge is -2.18. The predicted octanol–water partition coefficient (Wildman–Crippen LogP) is 20.7. The maximum atomic E-state index is 12.8. The highest BCUT2D eigenvalue weighted by atomic mass is 16.6. The average Bonchev–Trinajstić information content (AvgIpc) is 3.38. The number of allylic oxidation sites excluding steroid dienone is 14. The normalized spacial score (nSPS) is 12.7. The van der Waals surface area contributed by atoms with Gasteiger partial charge in [0.25, 0.3) is 0 Å². The van der Waals surface area contributed by atoms with Crippen LogP contribution >= 0.6 is 0 Å². The van der Waals surface area contributed by atoms with Crippen LogP contribution in [0.25, 0.3) is 0 Å². The Morgan fingerprint density at radius 1 is 0.292 bits per heavy atom. The van der Waals surface area contributed by atoms with E-state index in [1.807, 2.05) is 0 Å². The van der Waals surface area contributed by atoms with Crippen LogP contribution in [0.1, 0.15) is 297 Å². The van der Waals surface area contributed by atoms with E-state index in [9.17, 15) is 14.4 Å². The number of esters is 3. The molecular formula is C66H114O6. The SMILES string of the molecule is CC/C=C\C/C=C\C/C=C\C/C=C\C/C=C\CCCCCC(=O)OC(COC(=O)CCCCCCCC)COC(=O)CCCCCCCCCCCCCCCCCCC/C=C\C/C=C\CCCCCCC. The van der Waals surface area contributed by atoms with Crippen molar-refractivity contribution in [1.82, 2.24) is 0 Å². The Balaban J connectivity index is 4.09. The Morgan fingerprint density at radius 3 is 0.861 bits per heavy atom. The topological polar surface area (TPSA) is 78.9 Å². The van der Waals surface area contributed by atoms with Crippen LogP contribution in [0.2, 0.25) is 0 Å². The van der Waals surface area contributed by atoms with Crippen molar-refractivity contribution in [2.45, 2.75) is 303 Å². The quantitative estimate of drug-likeness (QED) is 0.0261. The van der Waals surface area contributed by atoms with E-state index in [2.05, 4.69) is 106 Å². The minimum absolute atomic E-state index is 0.0881. The van der Waals surface area contributed by atoms with E-state index >= 15 is 0 Å². The largest absolute Gasteiger partial charge is 0.462 e. The van der Waals surface area contributed by atoms with Crippen molar-refractivity contribution in [1.29, 1.82) is 0 Å². The van der Waals surface area contributed by atoms with Gasteiger partial charge in [-0.05, 0) is 96.3 Å². The van der Waals surface area contributed by atoms with Gasteiger partial charge < -0.3 is 14.2 Å². The third kappa shape index (κ3) is 57.5. The average molecular weight is 1000 g/mol. The molecule has 0 rings (SSSR count). The molecular weight excluding hydrogens is 889 g/mol. The summed E-state index contributed by atoms with van der Waals surface area (Å²) in [5.41, 5.74) is 0. The molecule has 72 heavy (non-hydrogen) atoms.